The van der Waals surface area contributed by atoms with Crippen molar-refractivity contribution in [1.82, 2.24) is 15.3 Å². The van der Waals surface area contributed by atoms with Gasteiger partial charge < -0.3 is 10.3 Å². The number of rotatable bonds is 5. The summed E-state index contributed by atoms with van der Waals surface area (Å²) in [6.07, 6.45) is 8.45. The molecule has 0 bridgehead atoms. The Balaban J connectivity index is 1.47. The molecule has 0 unspecified atom stereocenters. The number of aromatic amines is 1. The summed E-state index contributed by atoms with van der Waals surface area (Å²) in [6.45, 7) is 0.646. The van der Waals surface area contributed by atoms with Gasteiger partial charge in [0.05, 0.1) is 16.3 Å². The van der Waals surface area contributed by atoms with E-state index in [0.29, 0.717) is 16.7 Å². The van der Waals surface area contributed by atoms with Crippen LogP contribution in [-0.4, -0.2) is 22.4 Å². The van der Waals surface area contributed by atoms with Gasteiger partial charge >= 0.3 is 0 Å². The van der Waals surface area contributed by atoms with Gasteiger partial charge in [0.2, 0.25) is 0 Å². The average Bonchev–Trinajstić information content (AvgIpc) is 2.94. The van der Waals surface area contributed by atoms with Crippen LogP contribution in [0.5, 0.6) is 0 Å². The SMILES string of the molecule is O=C(NCCCc1nc2c(s1)CCCC2)c1ccc[nH]c1=S. The number of aryl methyl sites for hydroxylation is 3. The third-order valence-corrected chi connectivity index (χ3v) is 5.36. The van der Waals surface area contributed by atoms with E-state index in [-0.39, 0.29) is 5.91 Å². The minimum Gasteiger partial charge on any atom is -0.352 e. The molecule has 2 aromatic rings. The first kappa shape index (κ1) is 15.4. The number of amides is 1. The van der Waals surface area contributed by atoms with Crippen molar-refractivity contribution in [2.24, 2.45) is 0 Å². The average molecular weight is 333 g/mol. The highest BCUT2D eigenvalue weighted by atomic mass is 32.1. The lowest BCUT2D eigenvalue weighted by Crippen LogP contribution is -2.25. The van der Waals surface area contributed by atoms with Gasteiger partial charge in [-0.05, 0) is 44.2 Å². The maximum atomic E-state index is 12.0. The quantitative estimate of drug-likeness (QED) is 0.651. The van der Waals surface area contributed by atoms with Crippen LogP contribution in [0.3, 0.4) is 0 Å². The molecule has 0 aliphatic heterocycles. The predicted octanol–water partition coefficient (Wildman–Crippen LogP) is 3.44. The topological polar surface area (TPSA) is 57.8 Å². The second kappa shape index (κ2) is 7.15. The standard InChI is InChI=1S/C16H19N3OS2/c20-15(11-5-3-10-18-16(11)21)17-9-4-8-14-19-12-6-1-2-7-13(12)22-14/h3,5,10H,1-2,4,6-9H2,(H,17,20)(H,18,21). The van der Waals surface area contributed by atoms with Crippen LogP contribution in [0.15, 0.2) is 18.3 Å². The summed E-state index contributed by atoms with van der Waals surface area (Å²) < 4.78 is 0.479. The molecule has 6 heteroatoms. The lowest BCUT2D eigenvalue weighted by atomic mass is 10.0. The van der Waals surface area contributed by atoms with E-state index in [1.54, 1.807) is 18.3 Å². The van der Waals surface area contributed by atoms with Gasteiger partial charge in [0.25, 0.3) is 5.91 Å². The van der Waals surface area contributed by atoms with Gasteiger partial charge in [-0.2, -0.15) is 0 Å². The third-order valence-electron chi connectivity index (χ3n) is 3.81. The van der Waals surface area contributed by atoms with Crippen molar-refractivity contribution in [2.75, 3.05) is 6.54 Å². The highest BCUT2D eigenvalue weighted by Gasteiger charge is 2.14. The largest absolute Gasteiger partial charge is 0.352 e. The lowest BCUT2D eigenvalue weighted by Gasteiger charge is -2.06. The Morgan fingerprint density at radius 1 is 1.41 bits per heavy atom. The Morgan fingerprint density at radius 2 is 2.27 bits per heavy atom. The predicted molar refractivity (Wildman–Crippen MR) is 91.0 cm³/mol. The molecule has 0 spiro atoms. The van der Waals surface area contributed by atoms with E-state index in [9.17, 15) is 4.79 Å². The molecule has 0 radical (unpaired) electrons. The molecular weight excluding hydrogens is 314 g/mol. The number of nitrogens with one attached hydrogen (secondary N) is 2. The maximum absolute atomic E-state index is 12.0. The fraction of sp³-hybridized carbons (Fsp3) is 0.438. The van der Waals surface area contributed by atoms with E-state index >= 15 is 0 Å². The Kier molecular flexibility index (Phi) is 5.00. The molecule has 2 N–H and O–H groups in total. The summed E-state index contributed by atoms with van der Waals surface area (Å²) in [4.78, 5) is 21.1. The van der Waals surface area contributed by atoms with Gasteiger partial charge in [0.15, 0.2) is 0 Å². The zero-order valence-corrected chi connectivity index (χ0v) is 14.0. The number of aromatic nitrogens is 2. The molecular formula is C16H19N3OS2. The van der Waals surface area contributed by atoms with Gasteiger partial charge in [0.1, 0.15) is 4.64 Å². The highest BCUT2D eigenvalue weighted by Crippen LogP contribution is 2.27. The van der Waals surface area contributed by atoms with E-state index in [1.165, 1.54) is 34.8 Å². The Morgan fingerprint density at radius 3 is 3.09 bits per heavy atom. The first-order chi connectivity index (χ1) is 10.7. The Bertz CT molecular complexity index is 697. The smallest absolute Gasteiger partial charge is 0.254 e. The van der Waals surface area contributed by atoms with Gasteiger partial charge in [-0.3, -0.25) is 4.79 Å². The molecule has 1 aliphatic rings. The summed E-state index contributed by atoms with van der Waals surface area (Å²) in [5, 5.41) is 4.13. The van der Waals surface area contributed by atoms with E-state index in [4.69, 9.17) is 17.2 Å². The van der Waals surface area contributed by atoms with Crippen LogP contribution in [0.25, 0.3) is 0 Å². The summed E-state index contributed by atoms with van der Waals surface area (Å²) in [6, 6.07) is 3.52. The van der Waals surface area contributed by atoms with Crippen molar-refractivity contribution in [3.05, 3.63) is 44.1 Å². The van der Waals surface area contributed by atoms with Crippen LogP contribution in [0.1, 0.15) is 45.2 Å². The molecule has 1 amide bonds. The van der Waals surface area contributed by atoms with E-state index in [0.717, 1.165) is 19.3 Å². The van der Waals surface area contributed by atoms with Gasteiger partial charge in [-0.15, -0.1) is 11.3 Å². The van der Waals surface area contributed by atoms with Gasteiger partial charge in [-0.1, -0.05) is 12.2 Å². The molecule has 0 saturated heterocycles. The molecule has 1 aliphatic carbocycles. The molecule has 0 fully saturated rings. The number of thiazole rings is 1. The van der Waals surface area contributed by atoms with Crippen molar-refractivity contribution >= 4 is 29.5 Å². The molecule has 0 aromatic carbocycles. The normalized spacial score (nSPS) is 13.6. The number of carbonyl (C=O) groups is 1. The number of H-pyrrole nitrogens is 1. The van der Waals surface area contributed by atoms with Crippen LogP contribution >= 0.6 is 23.6 Å². The van der Waals surface area contributed by atoms with Crippen molar-refractivity contribution < 1.29 is 4.79 Å². The van der Waals surface area contributed by atoms with E-state index < -0.39 is 0 Å². The number of carbonyl (C=O) groups excluding carboxylic acids is 1. The van der Waals surface area contributed by atoms with Crippen molar-refractivity contribution in [2.45, 2.75) is 38.5 Å². The monoisotopic (exact) mass is 333 g/mol. The minimum atomic E-state index is -0.111. The lowest BCUT2D eigenvalue weighted by molar-refractivity contribution is 0.0952. The second-order valence-electron chi connectivity index (χ2n) is 5.46. The molecule has 116 valence electrons. The van der Waals surface area contributed by atoms with Crippen LogP contribution in [0.2, 0.25) is 0 Å². The zero-order chi connectivity index (χ0) is 15.4. The fourth-order valence-electron chi connectivity index (χ4n) is 2.65. The van der Waals surface area contributed by atoms with E-state index in [2.05, 4.69) is 10.3 Å². The third kappa shape index (κ3) is 3.62. The van der Waals surface area contributed by atoms with Gasteiger partial charge in [-0.25, -0.2) is 4.98 Å². The van der Waals surface area contributed by atoms with Crippen molar-refractivity contribution in [3.63, 3.8) is 0 Å². The highest BCUT2D eigenvalue weighted by molar-refractivity contribution is 7.71. The van der Waals surface area contributed by atoms with Crippen molar-refractivity contribution in [1.29, 1.82) is 0 Å². The molecule has 0 atom stereocenters. The molecule has 3 rings (SSSR count). The van der Waals surface area contributed by atoms with Crippen molar-refractivity contribution in [3.8, 4) is 0 Å². The van der Waals surface area contributed by atoms with Crippen LogP contribution < -0.4 is 5.32 Å². The summed E-state index contributed by atoms with van der Waals surface area (Å²) in [5.74, 6) is -0.111. The Hall–Kier alpha value is -1.53. The number of hydrogen-bond donors (Lipinski definition) is 2. The summed E-state index contributed by atoms with van der Waals surface area (Å²) >= 11 is 6.96. The van der Waals surface area contributed by atoms with Crippen LogP contribution in [-0.2, 0) is 19.3 Å². The molecule has 0 saturated carbocycles. The van der Waals surface area contributed by atoms with Crippen LogP contribution in [0.4, 0.5) is 0 Å². The first-order valence-electron chi connectivity index (χ1n) is 7.67. The zero-order valence-electron chi connectivity index (χ0n) is 12.4. The first-order valence-corrected chi connectivity index (χ1v) is 8.90. The molecule has 2 heterocycles. The summed E-state index contributed by atoms with van der Waals surface area (Å²) in [7, 11) is 0. The fourth-order valence-corrected chi connectivity index (χ4v) is 4.08. The molecule has 2 aromatic heterocycles. The second-order valence-corrected chi connectivity index (χ2v) is 7.03. The van der Waals surface area contributed by atoms with Gasteiger partial charge in [0, 0.05) is 24.0 Å². The number of hydrogen-bond acceptors (Lipinski definition) is 4. The number of fused-ring (bicyclic) bond motifs is 1. The maximum Gasteiger partial charge on any atom is 0.254 e. The molecule has 4 nitrogen and oxygen atoms in total. The molecule has 22 heavy (non-hydrogen) atoms. The summed E-state index contributed by atoms with van der Waals surface area (Å²) in [5.41, 5.74) is 1.84. The van der Waals surface area contributed by atoms with E-state index in [1.807, 2.05) is 11.3 Å². The number of nitrogens with zero attached hydrogens (tertiary/aromatic N) is 1. The van der Waals surface area contributed by atoms with Crippen LogP contribution in [0, 0.1) is 4.64 Å². The Labute approximate surface area is 139 Å². The minimum absolute atomic E-state index is 0.111. The number of pyridine rings is 1.